The average Bonchev–Trinajstić information content (AvgIpc) is 3.20. The number of sulfonamides is 1. The third-order valence-corrected chi connectivity index (χ3v) is 8.32. The molecular weight excluding hydrogens is 488 g/mol. The Kier molecular flexibility index (Phi) is 6.92. The van der Waals surface area contributed by atoms with Gasteiger partial charge in [-0.15, -0.1) is 0 Å². The van der Waals surface area contributed by atoms with Crippen LogP contribution in [0.25, 0.3) is 10.2 Å². The van der Waals surface area contributed by atoms with Crippen molar-refractivity contribution in [2.45, 2.75) is 24.9 Å². The lowest BCUT2D eigenvalue weighted by Crippen LogP contribution is -2.26. The minimum absolute atomic E-state index is 0.0376. The van der Waals surface area contributed by atoms with Crippen molar-refractivity contribution in [3.8, 4) is 0 Å². The molecule has 0 aliphatic rings. The third-order valence-electron chi connectivity index (χ3n) is 5.45. The Labute approximate surface area is 205 Å². The number of carbonyl (C=O) groups is 1. The lowest BCUT2D eigenvalue weighted by atomic mass is 10.2. The van der Waals surface area contributed by atoms with Crippen molar-refractivity contribution < 1.29 is 18.1 Å². The molecule has 1 heterocycles. The summed E-state index contributed by atoms with van der Waals surface area (Å²) in [6, 6.07) is 19.4. The smallest absolute Gasteiger partial charge is 0.279 e. The molecule has 0 bridgehead atoms. The SMILES string of the molecule is CCn1c(=NC(=O)c2ccc(S(=O)(=O)N(C)Cc3ccccc3)cc2)sc2ccc([N+](=O)[O-])cc21. The van der Waals surface area contributed by atoms with Crippen molar-refractivity contribution in [2.24, 2.45) is 4.99 Å². The predicted molar refractivity (Wildman–Crippen MR) is 134 cm³/mol. The standard InChI is InChI=1S/C24H22N4O5S2/c1-3-27-21-15-19(28(30)31)11-14-22(21)34-24(27)25-23(29)18-9-12-20(13-10-18)35(32,33)26(2)16-17-7-5-4-6-8-17/h4-15H,3,16H2,1-2H3. The van der Waals surface area contributed by atoms with E-state index in [0.717, 1.165) is 10.3 Å². The fraction of sp³-hybridized carbons (Fsp3) is 0.167. The molecule has 0 atom stereocenters. The quantitative estimate of drug-likeness (QED) is 0.273. The van der Waals surface area contributed by atoms with Crippen LogP contribution >= 0.6 is 11.3 Å². The molecule has 0 unspecified atom stereocenters. The van der Waals surface area contributed by atoms with Gasteiger partial charge in [0.25, 0.3) is 11.6 Å². The highest BCUT2D eigenvalue weighted by molar-refractivity contribution is 7.89. The largest absolute Gasteiger partial charge is 0.316 e. The number of amides is 1. The van der Waals surface area contributed by atoms with Gasteiger partial charge in [0.05, 0.1) is 20.0 Å². The molecule has 9 nitrogen and oxygen atoms in total. The van der Waals surface area contributed by atoms with E-state index in [1.807, 2.05) is 37.3 Å². The second-order valence-corrected chi connectivity index (χ2v) is 10.8. The molecule has 1 aromatic heterocycles. The summed E-state index contributed by atoms with van der Waals surface area (Å²) in [6.45, 7) is 2.55. The number of rotatable bonds is 7. The summed E-state index contributed by atoms with van der Waals surface area (Å²) >= 11 is 1.25. The van der Waals surface area contributed by atoms with Gasteiger partial charge in [-0.2, -0.15) is 9.30 Å². The summed E-state index contributed by atoms with van der Waals surface area (Å²) in [6.07, 6.45) is 0. The molecule has 1 amide bonds. The Hall–Kier alpha value is -3.67. The zero-order valence-corrected chi connectivity index (χ0v) is 20.6. The zero-order valence-electron chi connectivity index (χ0n) is 19.0. The summed E-state index contributed by atoms with van der Waals surface area (Å²) < 4.78 is 29.6. The topological polar surface area (TPSA) is 115 Å². The summed E-state index contributed by atoms with van der Waals surface area (Å²) in [4.78, 5) is 28.2. The molecule has 4 rings (SSSR count). The number of hydrogen-bond donors (Lipinski definition) is 0. The van der Waals surface area contributed by atoms with Crippen molar-refractivity contribution in [3.63, 3.8) is 0 Å². The molecule has 0 saturated carbocycles. The van der Waals surface area contributed by atoms with Crippen LogP contribution in [0, 0.1) is 10.1 Å². The van der Waals surface area contributed by atoms with Crippen molar-refractivity contribution in [1.82, 2.24) is 8.87 Å². The highest BCUT2D eigenvalue weighted by atomic mass is 32.2. The van der Waals surface area contributed by atoms with Gasteiger partial charge in [0, 0.05) is 37.8 Å². The number of carbonyl (C=O) groups excluding carboxylic acids is 1. The number of benzene rings is 3. The van der Waals surface area contributed by atoms with Crippen molar-refractivity contribution in [3.05, 3.63) is 98.8 Å². The van der Waals surface area contributed by atoms with Gasteiger partial charge < -0.3 is 4.57 Å². The van der Waals surface area contributed by atoms with Gasteiger partial charge in [0.15, 0.2) is 4.80 Å². The van der Waals surface area contributed by atoms with Gasteiger partial charge in [-0.25, -0.2) is 8.42 Å². The number of hydrogen-bond acceptors (Lipinski definition) is 6. The maximum Gasteiger partial charge on any atom is 0.279 e. The Morgan fingerprint density at radius 2 is 1.77 bits per heavy atom. The van der Waals surface area contributed by atoms with Crippen molar-refractivity contribution in [2.75, 3.05) is 7.05 Å². The van der Waals surface area contributed by atoms with Crippen LogP contribution in [0.4, 0.5) is 5.69 Å². The van der Waals surface area contributed by atoms with E-state index < -0.39 is 20.9 Å². The van der Waals surface area contributed by atoms with Gasteiger partial charge in [0.2, 0.25) is 10.0 Å². The van der Waals surface area contributed by atoms with Crippen molar-refractivity contribution >= 4 is 43.2 Å². The maximum absolute atomic E-state index is 12.9. The first-order chi connectivity index (χ1) is 16.7. The number of nitro benzene ring substituents is 1. The Bertz CT molecular complexity index is 1570. The fourth-order valence-corrected chi connectivity index (χ4v) is 5.82. The first-order valence-electron chi connectivity index (χ1n) is 10.7. The van der Waals surface area contributed by atoms with Crippen LogP contribution in [0.3, 0.4) is 0 Å². The summed E-state index contributed by atoms with van der Waals surface area (Å²) in [5.74, 6) is -0.533. The highest BCUT2D eigenvalue weighted by Crippen LogP contribution is 2.23. The molecule has 0 aliphatic carbocycles. The van der Waals surface area contributed by atoms with Crippen LogP contribution in [-0.4, -0.2) is 35.2 Å². The van der Waals surface area contributed by atoms with Gasteiger partial charge in [-0.3, -0.25) is 14.9 Å². The van der Waals surface area contributed by atoms with Gasteiger partial charge in [-0.1, -0.05) is 41.7 Å². The first kappa shape index (κ1) is 24.5. The van der Waals surface area contributed by atoms with Gasteiger partial charge in [-0.05, 0) is 42.8 Å². The number of fused-ring (bicyclic) bond motifs is 1. The van der Waals surface area contributed by atoms with E-state index in [4.69, 9.17) is 0 Å². The monoisotopic (exact) mass is 510 g/mol. The van der Waals surface area contributed by atoms with E-state index in [2.05, 4.69) is 4.99 Å². The molecule has 0 spiro atoms. The van der Waals surface area contributed by atoms with E-state index in [0.29, 0.717) is 16.9 Å². The van der Waals surface area contributed by atoms with Crippen molar-refractivity contribution in [1.29, 1.82) is 0 Å². The fourth-order valence-electron chi connectivity index (χ4n) is 3.59. The van der Waals surface area contributed by atoms with Crippen LogP contribution in [0.15, 0.2) is 82.7 Å². The second-order valence-electron chi connectivity index (χ2n) is 7.73. The second kappa shape index (κ2) is 9.90. The van der Waals surface area contributed by atoms with Crippen LogP contribution < -0.4 is 4.80 Å². The number of aryl methyl sites for hydroxylation is 1. The minimum Gasteiger partial charge on any atom is -0.316 e. The molecule has 3 aromatic carbocycles. The number of nitro groups is 1. The van der Waals surface area contributed by atoms with Crippen LogP contribution in [0.1, 0.15) is 22.8 Å². The molecule has 0 saturated heterocycles. The van der Waals surface area contributed by atoms with E-state index >= 15 is 0 Å². The van der Waals surface area contributed by atoms with Crippen LogP contribution in [-0.2, 0) is 23.1 Å². The number of non-ortho nitro benzene ring substituents is 1. The van der Waals surface area contributed by atoms with E-state index in [9.17, 15) is 23.3 Å². The minimum atomic E-state index is -3.74. The molecular formula is C24H22N4O5S2. The predicted octanol–water partition coefficient (Wildman–Crippen LogP) is 4.19. The van der Waals surface area contributed by atoms with Crippen LogP contribution in [0.2, 0.25) is 0 Å². The number of nitrogens with zero attached hydrogens (tertiary/aromatic N) is 4. The number of thiazole rings is 1. The summed E-state index contributed by atoms with van der Waals surface area (Å²) in [5.41, 5.74) is 1.69. The lowest BCUT2D eigenvalue weighted by molar-refractivity contribution is -0.384. The van der Waals surface area contributed by atoms with E-state index in [-0.39, 0.29) is 22.7 Å². The van der Waals surface area contributed by atoms with Gasteiger partial charge in [0.1, 0.15) is 0 Å². The molecule has 11 heteroatoms. The molecule has 35 heavy (non-hydrogen) atoms. The summed E-state index contributed by atoms with van der Waals surface area (Å²) in [5, 5.41) is 11.1. The molecule has 0 N–H and O–H groups in total. The summed E-state index contributed by atoms with van der Waals surface area (Å²) in [7, 11) is -2.24. The number of aromatic nitrogens is 1. The Morgan fingerprint density at radius 1 is 1.09 bits per heavy atom. The Balaban J connectivity index is 1.60. The molecule has 0 fully saturated rings. The first-order valence-corrected chi connectivity index (χ1v) is 12.9. The lowest BCUT2D eigenvalue weighted by Gasteiger charge is -2.17. The molecule has 180 valence electrons. The van der Waals surface area contributed by atoms with Crippen LogP contribution in [0.5, 0.6) is 0 Å². The molecule has 4 aromatic rings. The zero-order chi connectivity index (χ0) is 25.2. The van der Waals surface area contributed by atoms with E-state index in [1.54, 1.807) is 10.6 Å². The normalized spacial score (nSPS) is 12.4. The molecule has 0 radical (unpaired) electrons. The highest BCUT2D eigenvalue weighted by Gasteiger charge is 2.21. The Morgan fingerprint density at radius 3 is 2.40 bits per heavy atom. The van der Waals surface area contributed by atoms with E-state index in [1.165, 1.54) is 59.1 Å². The van der Waals surface area contributed by atoms with Gasteiger partial charge >= 0.3 is 0 Å². The molecule has 0 aliphatic heterocycles. The maximum atomic E-state index is 12.9. The average molecular weight is 511 g/mol. The third kappa shape index (κ3) is 5.06.